The van der Waals surface area contributed by atoms with Gasteiger partial charge in [-0.05, 0) is 12.5 Å². The highest BCUT2D eigenvalue weighted by atomic mass is 32.2. The monoisotopic (exact) mass is 392 g/mol. The molecule has 1 heterocycles. The number of hydrogen-bond acceptors (Lipinski definition) is 7. The van der Waals surface area contributed by atoms with E-state index in [1.54, 1.807) is 0 Å². The molecule has 1 aromatic carbocycles. The average molecular weight is 392 g/mol. The van der Waals surface area contributed by atoms with Gasteiger partial charge in [0, 0.05) is 26.7 Å². The van der Waals surface area contributed by atoms with E-state index in [1.165, 1.54) is 40.4 Å². The second-order valence-electron chi connectivity index (χ2n) is 5.54. The second-order valence-corrected chi connectivity index (χ2v) is 9.67. The molecular weight excluding hydrogens is 372 g/mol. The Labute approximate surface area is 147 Å². The van der Waals surface area contributed by atoms with Crippen LogP contribution in [0.3, 0.4) is 0 Å². The number of amides is 1. The first-order chi connectivity index (χ1) is 11.6. The minimum absolute atomic E-state index is 0.00621. The molecule has 0 fully saturated rings. The molecule has 2 rings (SSSR count). The fourth-order valence-electron chi connectivity index (χ4n) is 2.40. The van der Waals surface area contributed by atoms with Crippen LogP contribution in [0.2, 0.25) is 0 Å². The molecule has 1 amide bonds. The zero-order valence-corrected chi connectivity index (χ0v) is 16.0. The molecule has 0 radical (unpaired) electrons. The van der Waals surface area contributed by atoms with E-state index in [2.05, 4.69) is 0 Å². The highest BCUT2D eigenvalue weighted by Gasteiger charge is 2.42. The van der Waals surface area contributed by atoms with E-state index >= 15 is 0 Å². The van der Waals surface area contributed by atoms with Crippen molar-refractivity contribution in [3.8, 4) is 11.5 Å². The molecule has 1 aliphatic rings. The predicted molar refractivity (Wildman–Crippen MR) is 89.9 cm³/mol. The van der Waals surface area contributed by atoms with Crippen LogP contribution in [0.25, 0.3) is 0 Å². The van der Waals surface area contributed by atoms with E-state index in [-0.39, 0.29) is 40.7 Å². The normalized spacial score (nSPS) is 16.2. The summed E-state index contributed by atoms with van der Waals surface area (Å²) in [7, 11) is -2.01. The van der Waals surface area contributed by atoms with E-state index in [9.17, 15) is 21.6 Å². The van der Waals surface area contributed by atoms with E-state index in [4.69, 9.17) is 9.47 Å². The van der Waals surface area contributed by atoms with E-state index in [0.29, 0.717) is 4.31 Å². The fourth-order valence-corrected chi connectivity index (χ4v) is 4.86. The third-order valence-corrected chi connectivity index (χ3v) is 7.57. The number of methoxy groups -OCH3 is 2. The fraction of sp³-hybridized carbons (Fsp3) is 0.500. The molecule has 0 atom stereocenters. The van der Waals surface area contributed by atoms with Crippen LogP contribution in [0, 0.1) is 0 Å². The topological polar surface area (TPSA) is 110 Å². The van der Waals surface area contributed by atoms with Crippen LogP contribution < -0.4 is 9.47 Å². The first-order valence-corrected chi connectivity index (χ1v) is 10.3. The van der Waals surface area contributed by atoms with Crippen LogP contribution in [0.5, 0.6) is 11.5 Å². The zero-order valence-electron chi connectivity index (χ0n) is 14.3. The molecule has 0 saturated carbocycles. The van der Waals surface area contributed by atoms with Crippen molar-refractivity contribution in [1.29, 1.82) is 0 Å². The number of sulfonamides is 2. The van der Waals surface area contributed by atoms with E-state index in [0.717, 1.165) is 4.31 Å². The van der Waals surface area contributed by atoms with Gasteiger partial charge in [-0.2, -0.15) is 0 Å². The van der Waals surface area contributed by atoms with Crippen LogP contribution in [-0.2, 0) is 20.0 Å². The molecule has 0 saturated heterocycles. The van der Waals surface area contributed by atoms with Crippen LogP contribution in [0.4, 0.5) is 0 Å². The van der Waals surface area contributed by atoms with Gasteiger partial charge in [-0.25, -0.2) is 25.4 Å². The lowest BCUT2D eigenvalue weighted by atomic mass is 10.2. The SMILES string of the molecule is COc1cc2c(cc1OC)S(=O)(=O)N(CCCS(=O)(=O)N(C)C)C2=O. The first kappa shape index (κ1) is 19.5. The van der Waals surface area contributed by atoms with Gasteiger partial charge in [0.1, 0.15) is 4.90 Å². The van der Waals surface area contributed by atoms with Crippen LogP contribution in [0.15, 0.2) is 17.0 Å². The van der Waals surface area contributed by atoms with Crippen LogP contribution in [0.1, 0.15) is 16.8 Å². The molecule has 140 valence electrons. The molecule has 25 heavy (non-hydrogen) atoms. The summed E-state index contributed by atoms with van der Waals surface area (Å²) >= 11 is 0. The van der Waals surface area contributed by atoms with Crippen molar-refractivity contribution in [1.82, 2.24) is 8.61 Å². The van der Waals surface area contributed by atoms with Crippen molar-refractivity contribution >= 4 is 26.0 Å². The van der Waals surface area contributed by atoms with Gasteiger partial charge in [-0.3, -0.25) is 4.79 Å². The maximum Gasteiger partial charge on any atom is 0.269 e. The Hall–Kier alpha value is -1.85. The van der Waals surface area contributed by atoms with Gasteiger partial charge in [-0.1, -0.05) is 0 Å². The van der Waals surface area contributed by atoms with Crippen molar-refractivity contribution in [3.05, 3.63) is 17.7 Å². The molecule has 0 bridgehead atoms. The molecule has 1 aromatic rings. The second kappa shape index (κ2) is 6.81. The summed E-state index contributed by atoms with van der Waals surface area (Å²) in [6, 6.07) is 2.54. The smallest absolute Gasteiger partial charge is 0.269 e. The highest BCUT2D eigenvalue weighted by Crippen LogP contribution is 2.38. The molecule has 0 aliphatic carbocycles. The Morgan fingerprint density at radius 2 is 1.68 bits per heavy atom. The van der Waals surface area contributed by atoms with Gasteiger partial charge in [0.25, 0.3) is 15.9 Å². The maximum atomic E-state index is 12.6. The molecule has 0 unspecified atom stereocenters. The molecule has 11 heteroatoms. The largest absolute Gasteiger partial charge is 0.493 e. The van der Waals surface area contributed by atoms with Gasteiger partial charge in [0.15, 0.2) is 11.5 Å². The van der Waals surface area contributed by atoms with Gasteiger partial charge in [-0.15, -0.1) is 0 Å². The third-order valence-electron chi connectivity index (χ3n) is 3.83. The quantitative estimate of drug-likeness (QED) is 0.648. The molecule has 0 aromatic heterocycles. The number of benzene rings is 1. The van der Waals surface area contributed by atoms with Crippen molar-refractivity contribution in [2.24, 2.45) is 0 Å². The molecule has 9 nitrogen and oxygen atoms in total. The Morgan fingerprint density at radius 3 is 2.20 bits per heavy atom. The summed E-state index contributed by atoms with van der Waals surface area (Å²) in [5.74, 6) is -0.544. The van der Waals surface area contributed by atoms with E-state index < -0.39 is 26.0 Å². The van der Waals surface area contributed by atoms with Gasteiger partial charge < -0.3 is 9.47 Å². The number of fused-ring (bicyclic) bond motifs is 1. The third kappa shape index (κ3) is 3.44. The minimum Gasteiger partial charge on any atom is -0.493 e. The Bertz CT molecular complexity index is 892. The summed E-state index contributed by atoms with van der Waals surface area (Å²) in [5.41, 5.74) is -0.0203. The van der Waals surface area contributed by atoms with Crippen molar-refractivity contribution in [2.75, 3.05) is 40.6 Å². The van der Waals surface area contributed by atoms with Crippen LogP contribution in [-0.4, -0.2) is 72.0 Å². The average Bonchev–Trinajstić information content (AvgIpc) is 2.73. The summed E-state index contributed by atoms with van der Waals surface area (Å²) in [5, 5.41) is 0. The lowest BCUT2D eigenvalue weighted by molar-refractivity contribution is 0.0871. The van der Waals surface area contributed by atoms with Crippen molar-refractivity contribution < 1.29 is 31.1 Å². The standard InChI is InChI=1S/C14H20N2O7S2/c1-15(2)24(18,19)7-5-6-16-14(17)10-8-11(22-3)12(23-4)9-13(10)25(16,20)21/h8-9H,5-7H2,1-4H3. The number of nitrogens with zero attached hydrogens (tertiary/aromatic N) is 2. The molecule has 0 spiro atoms. The Kier molecular flexibility index (Phi) is 5.30. The van der Waals surface area contributed by atoms with Crippen molar-refractivity contribution in [3.63, 3.8) is 0 Å². The Balaban J connectivity index is 2.30. The summed E-state index contributed by atoms with van der Waals surface area (Å²) in [6.07, 6.45) is -0.00621. The van der Waals surface area contributed by atoms with E-state index in [1.807, 2.05) is 0 Å². The highest BCUT2D eigenvalue weighted by molar-refractivity contribution is 7.90. The molecule has 0 N–H and O–H groups in total. The zero-order chi connectivity index (χ0) is 19.0. The summed E-state index contributed by atoms with van der Waals surface area (Å²) in [6.45, 7) is -0.229. The number of rotatable bonds is 7. The van der Waals surface area contributed by atoms with Gasteiger partial charge in [0.05, 0.1) is 25.5 Å². The van der Waals surface area contributed by atoms with Gasteiger partial charge >= 0.3 is 0 Å². The first-order valence-electron chi connectivity index (χ1n) is 7.29. The van der Waals surface area contributed by atoms with Crippen molar-refractivity contribution in [2.45, 2.75) is 11.3 Å². The van der Waals surface area contributed by atoms with Crippen LogP contribution >= 0.6 is 0 Å². The summed E-state index contributed by atoms with van der Waals surface area (Å²) in [4.78, 5) is 12.3. The number of ether oxygens (including phenoxy) is 2. The minimum atomic E-state index is -4.05. The molecule has 1 aliphatic heterocycles. The predicted octanol–water partition coefficient (Wildman–Crippen LogP) is 0.130. The summed E-state index contributed by atoms with van der Waals surface area (Å²) < 4.78 is 60.6. The van der Waals surface area contributed by atoms with Gasteiger partial charge in [0.2, 0.25) is 10.0 Å². The Morgan fingerprint density at radius 1 is 1.12 bits per heavy atom. The number of carbonyl (C=O) groups excluding carboxylic acids is 1. The molecular formula is C14H20N2O7S2. The maximum absolute atomic E-state index is 12.6. The lowest BCUT2D eigenvalue weighted by Gasteiger charge is -2.16. The number of hydrogen-bond donors (Lipinski definition) is 0. The number of carbonyl (C=O) groups is 1. The lowest BCUT2D eigenvalue weighted by Crippen LogP contribution is -2.33.